The molecular formula is C57H97N7O15. The first-order chi connectivity index (χ1) is 37.4. The number of aliphatic hydroxyl groups excluding tert-OH is 2. The van der Waals surface area contributed by atoms with Gasteiger partial charge in [-0.1, -0.05) is 98.6 Å². The molecule has 13 atom stereocenters. The average Bonchev–Trinajstić information content (AvgIpc) is 3.92. The fraction of sp³-hybridized carbons (Fsp3) is 0.754. The number of alkyl carbamates (subject to hydrolysis) is 1. The zero-order valence-electron chi connectivity index (χ0n) is 49.5. The van der Waals surface area contributed by atoms with Crippen LogP contribution in [0.2, 0.25) is 0 Å². The normalized spacial score (nSPS) is 18.6. The Bertz CT molecular complexity index is 2030. The van der Waals surface area contributed by atoms with Gasteiger partial charge in [0.05, 0.1) is 49.5 Å². The predicted molar refractivity (Wildman–Crippen MR) is 297 cm³/mol. The van der Waals surface area contributed by atoms with E-state index < -0.39 is 103 Å². The second-order valence-electron chi connectivity index (χ2n) is 21.8. The third-order valence-electron chi connectivity index (χ3n) is 14.9. The molecule has 1 saturated carbocycles. The molecule has 1 aliphatic carbocycles. The number of hydrogen-bond acceptors (Lipinski definition) is 16. The van der Waals surface area contributed by atoms with Gasteiger partial charge in [-0.2, -0.15) is 0 Å². The van der Waals surface area contributed by atoms with Crippen molar-refractivity contribution in [1.29, 1.82) is 0 Å². The summed E-state index contributed by atoms with van der Waals surface area (Å²) >= 11 is 0. The lowest BCUT2D eigenvalue weighted by Gasteiger charge is -2.40. The minimum absolute atomic E-state index is 0.00707. The van der Waals surface area contributed by atoms with Gasteiger partial charge in [-0.05, 0) is 75.9 Å². The molecule has 7 N–H and O–H groups in total. The maximum atomic E-state index is 14.6. The van der Waals surface area contributed by atoms with Crippen molar-refractivity contribution in [2.75, 3.05) is 68.3 Å². The van der Waals surface area contributed by atoms with Crippen LogP contribution in [0.5, 0.6) is 0 Å². The summed E-state index contributed by atoms with van der Waals surface area (Å²) in [6.45, 7) is 15.8. The number of nitrogens with zero attached hydrogens (tertiary/aromatic N) is 2. The minimum Gasteiger partial charge on any atom is -0.464 e. The van der Waals surface area contributed by atoms with Gasteiger partial charge in [0, 0.05) is 59.5 Å². The molecule has 0 radical (unpaired) electrons. The Hall–Kier alpha value is -5.26. The quantitative estimate of drug-likeness (QED) is 0.0286. The van der Waals surface area contributed by atoms with E-state index in [2.05, 4.69) is 26.6 Å². The number of methoxy groups -OCH3 is 2. The summed E-state index contributed by atoms with van der Waals surface area (Å²) in [4.78, 5) is 111. The number of ketones is 1. The van der Waals surface area contributed by atoms with Crippen molar-refractivity contribution in [2.24, 2.45) is 35.5 Å². The van der Waals surface area contributed by atoms with Crippen LogP contribution in [0.3, 0.4) is 0 Å². The largest absolute Gasteiger partial charge is 0.464 e. The van der Waals surface area contributed by atoms with Gasteiger partial charge in [0.15, 0.2) is 6.29 Å². The van der Waals surface area contributed by atoms with Crippen molar-refractivity contribution < 1.29 is 72.3 Å². The summed E-state index contributed by atoms with van der Waals surface area (Å²) in [5, 5.41) is 32.6. The Kier molecular flexibility index (Phi) is 32.0. The number of amides is 6. The van der Waals surface area contributed by atoms with Gasteiger partial charge >= 0.3 is 12.1 Å². The maximum absolute atomic E-state index is 14.6. The predicted octanol–water partition coefficient (Wildman–Crippen LogP) is 3.13. The molecule has 1 fully saturated rings. The Morgan fingerprint density at radius 2 is 1.44 bits per heavy atom. The van der Waals surface area contributed by atoms with Crippen LogP contribution in [0.1, 0.15) is 119 Å². The van der Waals surface area contributed by atoms with E-state index in [0.29, 0.717) is 25.7 Å². The fourth-order valence-corrected chi connectivity index (χ4v) is 10.3. The second-order valence-corrected chi connectivity index (χ2v) is 21.8. The Morgan fingerprint density at radius 1 is 0.772 bits per heavy atom. The van der Waals surface area contributed by atoms with E-state index >= 15 is 0 Å². The smallest absolute Gasteiger partial charge is 0.407 e. The molecule has 0 heterocycles. The van der Waals surface area contributed by atoms with E-state index in [9.17, 15) is 43.5 Å². The van der Waals surface area contributed by atoms with Crippen molar-refractivity contribution in [3.63, 3.8) is 0 Å². The summed E-state index contributed by atoms with van der Waals surface area (Å²) in [6, 6.07) is 5.44. The van der Waals surface area contributed by atoms with E-state index in [1.165, 1.54) is 14.0 Å². The molecule has 2 rings (SSSR count). The second kappa shape index (κ2) is 36.2. The van der Waals surface area contributed by atoms with Crippen molar-refractivity contribution in [2.45, 2.75) is 175 Å². The highest BCUT2D eigenvalue weighted by atomic mass is 16.6. The molecule has 1 aromatic carbocycles. The number of esters is 1. The van der Waals surface area contributed by atoms with Crippen LogP contribution >= 0.6 is 0 Å². The van der Waals surface area contributed by atoms with Crippen molar-refractivity contribution in [3.05, 3.63) is 35.9 Å². The third-order valence-corrected chi connectivity index (χ3v) is 14.9. The zero-order valence-corrected chi connectivity index (χ0v) is 49.5. The lowest BCUT2D eigenvalue weighted by atomic mass is 9.79. The van der Waals surface area contributed by atoms with Crippen LogP contribution in [0.4, 0.5) is 4.79 Å². The standard InChI is InChI=1S/C57H97N7O15/c1-15-36(7)50(64(12)55(72)48(34(3)4)62-54(71)49(35(5)6)63(10)11)45(75-13)31-44(66)41-24-20-25-42(41)51(76-14)37(8)52(69)61-43(30-39-22-18-17-19-23-39)53(70)58-27-21-29-77-56(73)38(9)60-46(67)26-28-59-57(74)78-33-47(68)79-40(16-2)32-65/h17-19,22-23,34-38,40-43,45,47-51,65,68H,15-16,20-21,24-33H2,1-14H3,(H,58,70)(H,59,74)(H,60,67)(H,61,69)(H,62,71)/t36-,37+,38-,40?,41?,42+,43-,45+,47?,48-,49-,50-,51+/m0/s1. The molecule has 0 saturated heterocycles. The zero-order chi connectivity index (χ0) is 59.5. The number of carbonyl (C=O) groups excluding carboxylic acids is 8. The van der Waals surface area contributed by atoms with E-state index in [-0.39, 0.29) is 93.3 Å². The number of rotatable bonds is 37. The molecule has 0 aromatic heterocycles. The number of Topliss-reactive ketones (excluding diaryl/α,β-unsaturated/α-hetero) is 1. The molecule has 3 unspecified atom stereocenters. The van der Waals surface area contributed by atoms with Gasteiger partial charge < -0.3 is 65.4 Å². The number of carbonyl (C=O) groups is 8. The Balaban J connectivity index is 2.07. The number of hydrogen-bond donors (Lipinski definition) is 7. The molecule has 0 aliphatic heterocycles. The summed E-state index contributed by atoms with van der Waals surface area (Å²) < 4.78 is 27.4. The van der Waals surface area contributed by atoms with Crippen LogP contribution in [0.15, 0.2) is 30.3 Å². The van der Waals surface area contributed by atoms with Crippen molar-refractivity contribution >= 4 is 47.4 Å². The highest BCUT2D eigenvalue weighted by Crippen LogP contribution is 2.40. The van der Waals surface area contributed by atoms with Crippen LogP contribution < -0.4 is 26.6 Å². The van der Waals surface area contributed by atoms with Crippen LogP contribution in [-0.4, -0.2) is 190 Å². The molecular weight excluding hydrogens is 1020 g/mol. The fourth-order valence-electron chi connectivity index (χ4n) is 10.3. The molecule has 450 valence electrons. The Labute approximate surface area is 469 Å². The highest BCUT2D eigenvalue weighted by Gasteiger charge is 2.45. The molecule has 1 aliphatic rings. The van der Waals surface area contributed by atoms with E-state index in [1.807, 2.05) is 90.9 Å². The topological polar surface area (TPSA) is 290 Å². The van der Waals surface area contributed by atoms with Gasteiger partial charge in [0.25, 0.3) is 0 Å². The summed E-state index contributed by atoms with van der Waals surface area (Å²) in [5.41, 5.74) is 0.802. The number of nitrogens with one attached hydrogen (secondary N) is 5. The number of likely N-dealkylation sites (N-methyl/N-ethyl adjacent to an activating group) is 2. The first-order valence-electron chi connectivity index (χ1n) is 28.1. The molecule has 6 amide bonds. The van der Waals surface area contributed by atoms with Gasteiger partial charge in [0.1, 0.15) is 30.5 Å². The van der Waals surface area contributed by atoms with Crippen molar-refractivity contribution in [3.8, 4) is 0 Å². The molecule has 22 nitrogen and oxygen atoms in total. The van der Waals surface area contributed by atoms with Crippen LogP contribution in [0.25, 0.3) is 0 Å². The molecule has 0 bridgehead atoms. The molecule has 0 spiro atoms. The Morgan fingerprint density at radius 3 is 2.01 bits per heavy atom. The first kappa shape index (κ1) is 69.8. The third kappa shape index (κ3) is 23.0. The van der Waals surface area contributed by atoms with Gasteiger partial charge in [-0.3, -0.25) is 33.7 Å². The van der Waals surface area contributed by atoms with Crippen LogP contribution in [0, 0.1) is 35.5 Å². The summed E-state index contributed by atoms with van der Waals surface area (Å²) in [6.07, 6.45) is -0.990. The van der Waals surface area contributed by atoms with Gasteiger partial charge in [-0.25, -0.2) is 9.59 Å². The minimum atomic E-state index is -1.44. The number of aliphatic hydroxyl groups is 2. The number of ether oxygens (including phenoxy) is 5. The van der Waals surface area contributed by atoms with Gasteiger partial charge in [-0.15, -0.1) is 0 Å². The highest BCUT2D eigenvalue weighted by molar-refractivity contribution is 5.91. The van der Waals surface area contributed by atoms with Gasteiger partial charge in [0.2, 0.25) is 29.5 Å². The average molecular weight is 1120 g/mol. The lowest BCUT2D eigenvalue weighted by Crippen LogP contribution is -2.59. The summed E-state index contributed by atoms with van der Waals surface area (Å²) in [7, 11) is 8.45. The summed E-state index contributed by atoms with van der Waals surface area (Å²) in [5.74, 6) is -4.57. The monoisotopic (exact) mass is 1120 g/mol. The lowest BCUT2D eigenvalue weighted by molar-refractivity contribution is -0.165. The molecule has 1 aromatic rings. The first-order valence-corrected chi connectivity index (χ1v) is 28.1. The number of benzene rings is 1. The molecule has 22 heteroatoms. The maximum Gasteiger partial charge on any atom is 0.407 e. The SMILES string of the molecule is CCC(CO)OC(O)COC(=O)NCCC(=O)N[C@@H](C)C(=O)OCCCNC(=O)[C@H](Cc1ccccc1)NC(=O)[C@H](C)[C@@H](OC)[C@@H]1CCCC1C(=O)C[C@@H](OC)[C@H]([C@@H](C)CC)N(C)C(=O)[C@@H](NC(=O)[C@H](C(C)C)N(C)C)C(C)C. The molecule has 79 heavy (non-hydrogen) atoms. The van der Waals surface area contributed by atoms with E-state index in [1.54, 1.807) is 32.9 Å². The van der Waals surface area contributed by atoms with Crippen LogP contribution in [-0.2, 0) is 63.7 Å². The van der Waals surface area contributed by atoms with E-state index in [0.717, 1.165) is 12.0 Å². The van der Waals surface area contributed by atoms with Crippen molar-refractivity contribution in [1.82, 2.24) is 36.4 Å². The van der Waals surface area contributed by atoms with E-state index in [4.69, 9.17) is 28.8 Å².